The molecule has 0 aliphatic heterocycles. The van der Waals surface area contributed by atoms with E-state index in [2.05, 4.69) is 37.0 Å². The Bertz CT molecular complexity index is 521. The van der Waals surface area contributed by atoms with Crippen LogP contribution in [-0.2, 0) is 6.42 Å². The van der Waals surface area contributed by atoms with Gasteiger partial charge in [-0.3, -0.25) is 0 Å². The van der Waals surface area contributed by atoms with Crippen LogP contribution in [0.5, 0.6) is 0 Å². The molecule has 1 unspecified atom stereocenters. The summed E-state index contributed by atoms with van der Waals surface area (Å²) in [5.41, 5.74) is 5.77. The van der Waals surface area contributed by atoms with E-state index in [1.54, 1.807) is 5.56 Å². The fourth-order valence-electron chi connectivity index (χ4n) is 3.04. The molecule has 0 radical (unpaired) electrons. The van der Waals surface area contributed by atoms with E-state index >= 15 is 0 Å². The minimum Gasteiger partial charge on any atom is -0.358 e. The van der Waals surface area contributed by atoms with Crippen molar-refractivity contribution in [3.05, 3.63) is 35.0 Å². The van der Waals surface area contributed by atoms with Crippen molar-refractivity contribution in [2.24, 2.45) is 0 Å². The van der Waals surface area contributed by atoms with Gasteiger partial charge in [0, 0.05) is 16.6 Å². The van der Waals surface area contributed by atoms with Gasteiger partial charge in [-0.05, 0) is 49.8 Å². The highest BCUT2D eigenvalue weighted by molar-refractivity contribution is 5.86. The molecule has 1 aliphatic carbocycles. The van der Waals surface area contributed by atoms with E-state index in [1.807, 2.05) is 0 Å². The second-order valence-electron chi connectivity index (χ2n) is 5.21. The van der Waals surface area contributed by atoms with Crippen LogP contribution in [0, 0.1) is 6.92 Å². The zero-order valence-corrected chi connectivity index (χ0v) is 10.1. The van der Waals surface area contributed by atoms with Crippen molar-refractivity contribution in [1.82, 2.24) is 4.98 Å². The summed E-state index contributed by atoms with van der Waals surface area (Å²) in [6.45, 7) is 4.56. The van der Waals surface area contributed by atoms with Crippen molar-refractivity contribution in [3.63, 3.8) is 0 Å². The minimum atomic E-state index is 0.716. The van der Waals surface area contributed by atoms with Crippen molar-refractivity contribution in [2.45, 2.75) is 45.4 Å². The number of aromatic amines is 1. The standard InChI is InChI=1S/C15H19N/c1-10-7-8-13-12(9-10)15-11(2)5-3-4-6-14(15)16-13/h7-9,11,16H,3-6H2,1-2H3. The van der Waals surface area contributed by atoms with Gasteiger partial charge < -0.3 is 4.98 Å². The van der Waals surface area contributed by atoms with Gasteiger partial charge in [-0.1, -0.05) is 25.0 Å². The topological polar surface area (TPSA) is 15.8 Å². The molecule has 1 aromatic carbocycles. The Morgan fingerprint density at radius 2 is 2.12 bits per heavy atom. The molecule has 2 aromatic rings. The molecule has 3 rings (SSSR count). The normalized spacial score (nSPS) is 20.8. The number of benzene rings is 1. The predicted molar refractivity (Wildman–Crippen MR) is 69.0 cm³/mol. The number of fused-ring (bicyclic) bond motifs is 3. The second kappa shape index (κ2) is 3.65. The fourth-order valence-corrected chi connectivity index (χ4v) is 3.04. The molecule has 0 bridgehead atoms. The molecule has 1 aromatic heterocycles. The lowest BCUT2D eigenvalue weighted by molar-refractivity contribution is 0.636. The van der Waals surface area contributed by atoms with Crippen molar-refractivity contribution in [3.8, 4) is 0 Å². The summed E-state index contributed by atoms with van der Waals surface area (Å²) < 4.78 is 0. The Morgan fingerprint density at radius 3 is 3.00 bits per heavy atom. The molecule has 84 valence electrons. The van der Waals surface area contributed by atoms with Gasteiger partial charge in [-0.2, -0.15) is 0 Å². The lowest BCUT2D eigenvalue weighted by Gasteiger charge is -2.09. The maximum absolute atomic E-state index is 3.61. The number of rotatable bonds is 0. The molecular weight excluding hydrogens is 194 g/mol. The van der Waals surface area contributed by atoms with Crippen LogP contribution in [0.3, 0.4) is 0 Å². The third kappa shape index (κ3) is 1.46. The summed E-state index contributed by atoms with van der Waals surface area (Å²) in [5, 5.41) is 1.46. The van der Waals surface area contributed by atoms with Crippen LogP contribution >= 0.6 is 0 Å². The highest BCUT2D eigenvalue weighted by Gasteiger charge is 2.19. The van der Waals surface area contributed by atoms with E-state index < -0.39 is 0 Å². The molecular formula is C15H19N. The van der Waals surface area contributed by atoms with Crippen LogP contribution in [0.15, 0.2) is 18.2 Å². The summed E-state index contributed by atoms with van der Waals surface area (Å²) in [4.78, 5) is 3.61. The molecule has 0 amide bonds. The van der Waals surface area contributed by atoms with Gasteiger partial charge in [0.2, 0.25) is 0 Å². The molecule has 0 spiro atoms. The summed E-state index contributed by atoms with van der Waals surface area (Å²) in [6.07, 6.45) is 5.28. The van der Waals surface area contributed by atoms with Gasteiger partial charge in [0.25, 0.3) is 0 Å². The van der Waals surface area contributed by atoms with Gasteiger partial charge >= 0.3 is 0 Å². The van der Waals surface area contributed by atoms with Crippen molar-refractivity contribution in [1.29, 1.82) is 0 Å². The maximum Gasteiger partial charge on any atom is 0.0459 e. The first-order valence-electron chi connectivity index (χ1n) is 6.37. The summed E-state index contributed by atoms with van der Waals surface area (Å²) in [6, 6.07) is 6.77. The lowest BCUT2D eigenvalue weighted by atomic mass is 9.95. The molecule has 0 fully saturated rings. The van der Waals surface area contributed by atoms with Crippen molar-refractivity contribution in [2.75, 3.05) is 0 Å². The molecule has 1 N–H and O–H groups in total. The Hall–Kier alpha value is -1.24. The highest BCUT2D eigenvalue weighted by atomic mass is 14.7. The first kappa shape index (κ1) is 9.95. The van der Waals surface area contributed by atoms with E-state index in [0.29, 0.717) is 5.92 Å². The second-order valence-corrected chi connectivity index (χ2v) is 5.21. The molecule has 1 atom stereocenters. The third-order valence-corrected chi connectivity index (χ3v) is 3.88. The Labute approximate surface area is 96.9 Å². The maximum atomic E-state index is 3.61. The summed E-state index contributed by atoms with van der Waals surface area (Å²) >= 11 is 0. The fraction of sp³-hybridized carbons (Fsp3) is 0.467. The van der Waals surface area contributed by atoms with E-state index in [1.165, 1.54) is 47.8 Å². The Morgan fingerprint density at radius 1 is 1.25 bits per heavy atom. The molecule has 1 heterocycles. The number of hydrogen-bond acceptors (Lipinski definition) is 0. The molecule has 1 heteroatoms. The van der Waals surface area contributed by atoms with Crippen molar-refractivity contribution < 1.29 is 0 Å². The first-order valence-corrected chi connectivity index (χ1v) is 6.37. The Balaban J connectivity index is 2.28. The van der Waals surface area contributed by atoms with Crippen LogP contribution in [0.1, 0.15) is 48.9 Å². The van der Waals surface area contributed by atoms with Crippen molar-refractivity contribution >= 4 is 10.9 Å². The van der Waals surface area contributed by atoms with Gasteiger partial charge in [0.05, 0.1) is 0 Å². The first-order chi connectivity index (χ1) is 7.75. The third-order valence-electron chi connectivity index (χ3n) is 3.88. The molecule has 0 saturated carbocycles. The SMILES string of the molecule is Cc1ccc2[nH]c3c(c2c1)C(C)CCCC3. The lowest BCUT2D eigenvalue weighted by Crippen LogP contribution is -1.92. The van der Waals surface area contributed by atoms with E-state index in [0.717, 1.165) is 0 Å². The van der Waals surface area contributed by atoms with Gasteiger partial charge in [0.15, 0.2) is 0 Å². The van der Waals surface area contributed by atoms with Crippen LogP contribution in [-0.4, -0.2) is 4.98 Å². The minimum absolute atomic E-state index is 0.716. The summed E-state index contributed by atoms with van der Waals surface area (Å²) in [5.74, 6) is 0.716. The Kier molecular flexibility index (Phi) is 2.27. The number of H-pyrrole nitrogens is 1. The van der Waals surface area contributed by atoms with E-state index in [9.17, 15) is 0 Å². The predicted octanol–water partition coefficient (Wildman–Crippen LogP) is 4.31. The highest BCUT2D eigenvalue weighted by Crippen LogP contribution is 2.35. The quantitative estimate of drug-likeness (QED) is 0.628. The average molecular weight is 213 g/mol. The number of hydrogen-bond donors (Lipinski definition) is 1. The van der Waals surface area contributed by atoms with Crippen LogP contribution in [0.25, 0.3) is 10.9 Å². The molecule has 1 aliphatic rings. The summed E-state index contributed by atoms with van der Waals surface area (Å²) in [7, 11) is 0. The average Bonchev–Trinajstić information content (AvgIpc) is 2.51. The number of aromatic nitrogens is 1. The van der Waals surface area contributed by atoms with Gasteiger partial charge in [0.1, 0.15) is 0 Å². The smallest absolute Gasteiger partial charge is 0.0459 e. The van der Waals surface area contributed by atoms with Gasteiger partial charge in [-0.15, -0.1) is 0 Å². The van der Waals surface area contributed by atoms with Crippen LogP contribution in [0.2, 0.25) is 0 Å². The monoisotopic (exact) mass is 213 g/mol. The van der Waals surface area contributed by atoms with Gasteiger partial charge in [-0.25, -0.2) is 0 Å². The zero-order valence-electron chi connectivity index (χ0n) is 10.1. The number of nitrogens with one attached hydrogen (secondary N) is 1. The van der Waals surface area contributed by atoms with E-state index in [-0.39, 0.29) is 0 Å². The molecule has 0 saturated heterocycles. The molecule has 1 nitrogen and oxygen atoms in total. The largest absolute Gasteiger partial charge is 0.358 e. The van der Waals surface area contributed by atoms with E-state index in [4.69, 9.17) is 0 Å². The number of aryl methyl sites for hydroxylation is 2. The van der Waals surface area contributed by atoms with Crippen LogP contribution < -0.4 is 0 Å². The van der Waals surface area contributed by atoms with Crippen LogP contribution in [0.4, 0.5) is 0 Å². The molecule has 16 heavy (non-hydrogen) atoms. The zero-order chi connectivity index (χ0) is 11.1.